The zero-order valence-electron chi connectivity index (χ0n) is 9.59. The maximum absolute atomic E-state index is 4.16. The van der Waals surface area contributed by atoms with Gasteiger partial charge in [0.25, 0.3) is 0 Å². The van der Waals surface area contributed by atoms with Crippen molar-refractivity contribution in [2.24, 2.45) is 0 Å². The molecule has 2 nitrogen and oxygen atoms in total. The molecular formula is C15H12N2. The van der Waals surface area contributed by atoms with Crippen LogP contribution in [0.5, 0.6) is 0 Å². The highest BCUT2D eigenvalue weighted by atomic mass is 15.1. The second-order valence-corrected chi connectivity index (χ2v) is 4.14. The smallest absolute Gasteiger partial charge is 0.0936 e. The van der Waals surface area contributed by atoms with E-state index in [1.54, 1.807) is 0 Å². The van der Waals surface area contributed by atoms with Gasteiger partial charge in [0.15, 0.2) is 0 Å². The number of rotatable bonds is 1. The minimum atomic E-state index is 0.942. The molecule has 0 spiro atoms. The molecule has 82 valence electrons. The van der Waals surface area contributed by atoms with Crippen molar-refractivity contribution >= 4 is 10.9 Å². The predicted molar refractivity (Wildman–Crippen MR) is 69.7 cm³/mol. The Kier molecular flexibility index (Phi) is 2.33. The lowest BCUT2D eigenvalue weighted by atomic mass is 10.0. The number of nitrogens with zero attached hydrogens (tertiary/aromatic N) is 2. The molecule has 17 heavy (non-hydrogen) atoms. The van der Waals surface area contributed by atoms with Gasteiger partial charge >= 0.3 is 0 Å². The van der Waals surface area contributed by atoms with Crippen molar-refractivity contribution in [3.05, 3.63) is 60.3 Å². The van der Waals surface area contributed by atoms with Gasteiger partial charge in [-0.2, -0.15) is 10.2 Å². The third kappa shape index (κ3) is 1.78. The highest BCUT2D eigenvalue weighted by Gasteiger charge is 2.04. The van der Waals surface area contributed by atoms with E-state index in [-0.39, 0.29) is 0 Å². The molecule has 3 rings (SSSR count). The van der Waals surface area contributed by atoms with Crippen molar-refractivity contribution in [1.29, 1.82) is 0 Å². The van der Waals surface area contributed by atoms with Crippen LogP contribution in [0.1, 0.15) is 5.56 Å². The Balaban J connectivity index is 2.33. The van der Waals surface area contributed by atoms with E-state index in [2.05, 4.69) is 41.4 Å². The molecule has 0 saturated heterocycles. The zero-order valence-corrected chi connectivity index (χ0v) is 9.59. The van der Waals surface area contributed by atoms with Gasteiger partial charge in [-0.1, -0.05) is 42.0 Å². The monoisotopic (exact) mass is 220 g/mol. The van der Waals surface area contributed by atoms with Crippen molar-refractivity contribution < 1.29 is 0 Å². The Labute approximate surface area is 99.9 Å². The first kappa shape index (κ1) is 9.97. The van der Waals surface area contributed by atoms with E-state index in [0.29, 0.717) is 0 Å². The van der Waals surface area contributed by atoms with Gasteiger partial charge in [0.2, 0.25) is 0 Å². The number of benzene rings is 2. The molecular weight excluding hydrogens is 208 g/mol. The molecule has 2 aromatic carbocycles. The molecule has 1 heterocycles. The van der Waals surface area contributed by atoms with Gasteiger partial charge in [0, 0.05) is 10.9 Å². The fraction of sp³-hybridized carbons (Fsp3) is 0.0667. The van der Waals surface area contributed by atoms with Crippen molar-refractivity contribution in [3.63, 3.8) is 0 Å². The van der Waals surface area contributed by atoms with Crippen molar-refractivity contribution in [2.45, 2.75) is 6.92 Å². The van der Waals surface area contributed by atoms with Crippen LogP contribution in [0, 0.1) is 6.92 Å². The SMILES string of the molecule is Cc1ccc2nncc(-c3ccccc3)c2c1. The van der Waals surface area contributed by atoms with Gasteiger partial charge in [-0.05, 0) is 24.6 Å². The van der Waals surface area contributed by atoms with Crippen LogP contribution < -0.4 is 0 Å². The van der Waals surface area contributed by atoms with E-state index >= 15 is 0 Å². The maximum Gasteiger partial charge on any atom is 0.0936 e. The van der Waals surface area contributed by atoms with Crippen molar-refractivity contribution in [1.82, 2.24) is 10.2 Å². The fourth-order valence-corrected chi connectivity index (χ4v) is 2.02. The summed E-state index contributed by atoms with van der Waals surface area (Å²) in [5.41, 5.74) is 4.50. The Bertz CT molecular complexity index is 660. The van der Waals surface area contributed by atoms with Crippen LogP contribution in [0.2, 0.25) is 0 Å². The summed E-state index contributed by atoms with van der Waals surface area (Å²) >= 11 is 0. The Hall–Kier alpha value is -2.22. The van der Waals surface area contributed by atoms with E-state index in [0.717, 1.165) is 16.5 Å². The van der Waals surface area contributed by atoms with E-state index in [4.69, 9.17) is 0 Å². The molecule has 0 N–H and O–H groups in total. The van der Waals surface area contributed by atoms with E-state index in [1.165, 1.54) is 11.1 Å². The standard InChI is InChI=1S/C15H12N2/c1-11-7-8-15-13(9-11)14(10-16-17-15)12-5-3-2-4-6-12/h2-10H,1H3. The molecule has 0 amide bonds. The average Bonchev–Trinajstić information content (AvgIpc) is 2.39. The predicted octanol–water partition coefficient (Wildman–Crippen LogP) is 3.61. The molecule has 1 aromatic heterocycles. The Morgan fingerprint density at radius 1 is 0.941 bits per heavy atom. The van der Waals surface area contributed by atoms with Gasteiger partial charge in [-0.15, -0.1) is 0 Å². The van der Waals surface area contributed by atoms with E-state index in [1.807, 2.05) is 30.5 Å². The summed E-state index contributed by atoms with van der Waals surface area (Å²) < 4.78 is 0. The van der Waals surface area contributed by atoms with Crippen LogP contribution in [0.3, 0.4) is 0 Å². The van der Waals surface area contributed by atoms with Gasteiger partial charge in [0.05, 0.1) is 11.7 Å². The number of fused-ring (bicyclic) bond motifs is 1. The molecule has 0 aliphatic rings. The lowest BCUT2D eigenvalue weighted by Gasteiger charge is -2.05. The van der Waals surface area contributed by atoms with Crippen LogP contribution in [0.4, 0.5) is 0 Å². The maximum atomic E-state index is 4.16. The number of hydrogen-bond donors (Lipinski definition) is 0. The van der Waals surface area contributed by atoms with Crippen molar-refractivity contribution in [2.75, 3.05) is 0 Å². The molecule has 2 heteroatoms. The average molecular weight is 220 g/mol. The molecule has 0 atom stereocenters. The van der Waals surface area contributed by atoms with E-state index < -0.39 is 0 Å². The first-order chi connectivity index (χ1) is 8.34. The third-order valence-corrected chi connectivity index (χ3v) is 2.88. The third-order valence-electron chi connectivity index (χ3n) is 2.88. The number of aryl methyl sites for hydroxylation is 1. The van der Waals surface area contributed by atoms with Crippen LogP contribution in [-0.4, -0.2) is 10.2 Å². The lowest BCUT2D eigenvalue weighted by Crippen LogP contribution is -1.88. The Morgan fingerprint density at radius 3 is 2.59 bits per heavy atom. The minimum absolute atomic E-state index is 0.942. The van der Waals surface area contributed by atoms with Gasteiger partial charge < -0.3 is 0 Å². The minimum Gasteiger partial charge on any atom is -0.158 e. The fourth-order valence-electron chi connectivity index (χ4n) is 2.02. The second kappa shape index (κ2) is 3.98. The number of aromatic nitrogens is 2. The van der Waals surface area contributed by atoms with Gasteiger partial charge in [-0.3, -0.25) is 0 Å². The molecule has 0 saturated carbocycles. The summed E-state index contributed by atoms with van der Waals surface area (Å²) in [4.78, 5) is 0. The highest BCUT2D eigenvalue weighted by Crippen LogP contribution is 2.26. The van der Waals surface area contributed by atoms with Gasteiger partial charge in [-0.25, -0.2) is 0 Å². The zero-order chi connectivity index (χ0) is 11.7. The second-order valence-electron chi connectivity index (χ2n) is 4.14. The first-order valence-electron chi connectivity index (χ1n) is 5.62. The largest absolute Gasteiger partial charge is 0.158 e. The van der Waals surface area contributed by atoms with Crippen LogP contribution in [0.15, 0.2) is 54.7 Å². The topological polar surface area (TPSA) is 25.8 Å². The number of hydrogen-bond acceptors (Lipinski definition) is 2. The molecule has 0 aliphatic carbocycles. The summed E-state index contributed by atoms with van der Waals surface area (Å²) in [7, 11) is 0. The lowest BCUT2D eigenvalue weighted by molar-refractivity contribution is 1.08. The Morgan fingerprint density at radius 2 is 1.76 bits per heavy atom. The molecule has 0 fully saturated rings. The first-order valence-corrected chi connectivity index (χ1v) is 5.62. The summed E-state index contributed by atoms with van der Waals surface area (Å²) in [6.07, 6.45) is 1.83. The molecule has 0 unspecified atom stereocenters. The summed E-state index contributed by atoms with van der Waals surface area (Å²) in [5, 5.41) is 9.39. The van der Waals surface area contributed by atoms with Crippen molar-refractivity contribution in [3.8, 4) is 11.1 Å². The van der Waals surface area contributed by atoms with Crippen LogP contribution in [0.25, 0.3) is 22.0 Å². The normalized spacial score (nSPS) is 10.6. The van der Waals surface area contributed by atoms with Crippen LogP contribution >= 0.6 is 0 Å². The van der Waals surface area contributed by atoms with E-state index in [9.17, 15) is 0 Å². The quantitative estimate of drug-likeness (QED) is 0.626. The molecule has 3 aromatic rings. The van der Waals surface area contributed by atoms with Gasteiger partial charge in [0.1, 0.15) is 0 Å². The molecule has 0 aliphatic heterocycles. The van der Waals surface area contributed by atoms with Crippen LogP contribution in [-0.2, 0) is 0 Å². The molecule has 0 radical (unpaired) electrons. The summed E-state index contributed by atoms with van der Waals surface area (Å²) in [6.45, 7) is 2.09. The summed E-state index contributed by atoms with van der Waals surface area (Å²) in [6, 6.07) is 16.5. The molecule has 0 bridgehead atoms. The highest BCUT2D eigenvalue weighted by molar-refractivity contribution is 5.93. The summed E-state index contributed by atoms with van der Waals surface area (Å²) in [5.74, 6) is 0.